The zero-order valence-electron chi connectivity index (χ0n) is 21.5. The molecule has 0 saturated carbocycles. The Morgan fingerprint density at radius 1 is 0.467 bits per heavy atom. The van der Waals surface area contributed by atoms with E-state index in [0.717, 1.165) is 4.48 Å². The molecule has 0 saturated heterocycles. The van der Waals surface area contributed by atoms with Crippen LogP contribution < -0.4 is 24.8 Å². The third kappa shape index (κ3) is 28.2. The Hall–Kier alpha value is 0.240. The standard InChI is InChI=1S/C26H56N2.2ClH/c1-7-8-9-10-11-12-13-14-15-16-17-18-19-20-21-22-25-28(5,6)26-23-24-27(2,3)4;;/h14-15H,7-13,16-26H2,1-6H3;2*1H/q+2;;/p-2/b15-14+;;. The first-order chi connectivity index (χ1) is 13.3. The zero-order valence-corrected chi connectivity index (χ0v) is 23.0. The van der Waals surface area contributed by atoms with Crippen LogP contribution in [0.3, 0.4) is 0 Å². The summed E-state index contributed by atoms with van der Waals surface area (Å²) in [5, 5.41) is 0. The Morgan fingerprint density at radius 2 is 0.867 bits per heavy atom. The van der Waals surface area contributed by atoms with E-state index in [1.165, 1.54) is 120 Å². The zero-order chi connectivity index (χ0) is 21.1. The van der Waals surface area contributed by atoms with E-state index in [9.17, 15) is 0 Å². The van der Waals surface area contributed by atoms with Crippen LogP contribution in [0.15, 0.2) is 12.2 Å². The monoisotopic (exact) mass is 466 g/mol. The molecule has 0 aromatic rings. The maximum atomic E-state index is 2.43. The summed E-state index contributed by atoms with van der Waals surface area (Å²) in [7, 11) is 11.7. The summed E-state index contributed by atoms with van der Waals surface area (Å²) in [6.07, 6.45) is 25.8. The molecule has 0 amide bonds. The highest BCUT2D eigenvalue weighted by Crippen LogP contribution is 2.11. The number of unbranched alkanes of at least 4 members (excludes halogenated alkanes) is 12. The van der Waals surface area contributed by atoms with E-state index in [2.05, 4.69) is 54.3 Å². The van der Waals surface area contributed by atoms with Gasteiger partial charge >= 0.3 is 0 Å². The Balaban J connectivity index is -0.00000364. The molecule has 0 rings (SSSR count). The van der Waals surface area contributed by atoms with Gasteiger partial charge < -0.3 is 33.8 Å². The third-order valence-electron chi connectivity index (χ3n) is 5.87. The normalized spacial score (nSPS) is 12.1. The van der Waals surface area contributed by atoms with E-state index in [1.54, 1.807) is 0 Å². The average Bonchev–Trinajstić information content (AvgIpc) is 2.60. The SMILES string of the molecule is CCCCCCCC/C=C/CCCCCCCC[N+](C)(C)CCC[N+](C)(C)C.[Cl-].[Cl-]. The van der Waals surface area contributed by atoms with Crippen molar-refractivity contribution in [1.82, 2.24) is 0 Å². The summed E-state index contributed by atoms with van der Waals surface area (Å²) in [5.74, 6) is 0. The van der Waals surface area contributed by atoms with Gasteiger partial charge in [0.25, 0.3) is 0 Å². The molecular formula is C26H56Cl2N2. The molecule has 0 aromatic heterocycles. The van der Waals surface area contributed by atoms with Gasteiger partial charge in [-0.05, 0) is 38.5 Å². The summed E-state index contributed by atoms with van der Waals surface area (Å²) in [4.78, 5) is 0. The highest BCUT2D eigenvalue weighted by Gasteiger charge is 2.16. The van der Waals surface area contributed by atoms with Crippen molar-refractivity contribution in [3.63, 3.8) is 0 Å². The van der Waals surface area contributed by atoms with Crippen LogP contribution in [0, 0.1) is 0 Å². The minimum absolute atomic E-state index is 0. The maximum absolute atomic E-state index is 2.43. The molecule has 0 aliphatic carbocycles. The number of halogens is 2. The van der Waals surface area contributed by atoms with Crippen molar-refractivity contribution in [2.45, 2.75) is 103 Å². The van der Waals surface area contributed by atoms with Gasteiger partial charge in [-0.15, -0.1) is 0 Å². The minimum atomic E-state index is 0. The van der Waals surface area contributed by atoms with Gasteiger partial charge in [0, 0.05) is 6.42 Å². The molecule has 0 spiro atoms. The number of rotatable bonds is 20. The van der Waals surface area contributed by atoms with Crippen molar-refractivity contribution < 1.29 is 33.8 Å². The Morgan fingerprint density at radius 3 is 1.33 bits per heavy atom. The van der Waals surface area contributed by atoms with E-state index >= 15 is 0 Å². The fourth-order valence-corrected chi connectivity index (χ4v) is 3.87. The molecule has 0 aliphatic heterocycles. The van der Waals surface area contributed by atoms with Gasteiger partial charge in [0.15, 0.2) is 0 Å². The molecule has 184 valence electrons. The van der Waals surface area contributed by atoms with Gasteiger partial charge in [-0.2, -0.15) is 0 Å². The smallest absolute Gasteiger partial charge is 0.0836 e. The predicted molar refractivity (Wildman–Crippen MR) is 129 cm³/mol. The van der Waals surface area contributed by atoms with Gasteiger partial charge in [-0.25, -0.2) is 0 Å². The first kappa shape index (κ1) is 34.8. The van der Waals surface area contributed by atoms with Crippen molar-refractivity contribution >= 4 is 0 Å². The van der Waals surface area contributed by atoms with Crippen LogP contribution >= 0.6 is 0 Å². The number of quaternary nitrogens is 2. The maximum Gasteiger partial charge on any atom is 0.0836 e. The minimum Gasteiger partial charge on any atom is -1.00 e. The van der Waals surface area contributed by atoms with Crippen LogP contribution in [-0.2, 0) is 0 Å². The molecule has 30 heavy (non-hydrogen) atoms. The second kappa shape index (κ2) is 22.4. The van der Waals surface area contributed by atoms with Crippen molar-refractivity contribution in [2.75, 3.05) is 54.9 Å². The first-order valence-electron chi connectivity index (χ1n) is 12.5. The molecule has 0 aliphatic rings. The molecule has 0 fully saturated rings. The molecule has 2 nitrogen and oxygen atoms in total. The second-order valence-corrected chi connectivity index (χ2v) is 10.7. The van der Waals surface area contributed by atoms with Crippen LogP contribution in [0.2, 0.25) is 0 Å². The Labute approximate surface area is 203 Å². The average molecular weight is 468 g/mol. The fourth-order valence-electron chi connectivity index (χ4n) is 3.87. The van der Waals surface area contributed by atoms with E-state index in [1.807, 2.05) is 0 Å². The predicted octanol–water partition coefficient (Wildman–Crippen LogP) is 1.20. The quantitative estimate of drug-likeness (QED) is 0.143. The van der Waals surface area contributed by atoms with Crippen LogP contribution in [0.25, 0.3) is 0 Å². The number of allylic oxidation sites excluding steroid dienone is 2. The van der Waals surface area contributed by atoms with Crippen molar-refractivity contribution in [3.05, 3.63) is 12.2 Å². The summed E-state index contributed by atoms with van der Waals surface area (Å²) in [5.41, 5.74) is 0. The van der Waals surface area contributed by atoms with E-state index in [4.69, 9.17) is 0 Å². The molecule has 0 aromatic carbocycles. The lowest BCUT2D eigenvalue weighted by Gasteiger charge is -2.31. The molecule has 0 unspecified atom stereocenters. The van der Waals surface area contributed by atoms with Crippen LogP contribution in [0.4, 0.5) is 0 Å². The second-order valence-electron chi connectivity index (χ2n) is 10.7. The van der Waals surface area contributed by atoms with Crippen molar-refractivity contribution in [2.24, 2.45) is 0 Å². The fraction of sp³-hybridized carbons (Fsp3) is 0.923. The van der Waals surface area contributed by atoms with Gasteiger partial charge in [0.2, 0.25) is 0 Å². The van der Waals surface area contributed by atoms with Gasteiger partial charge in [0.05, 0.1) is 54.9 Å². The lowest BCUT2D eigenvalue weighted by molar-refractivity contribution is -0.902. The van der Waals surface area contributed by atoms with E-state index in [0.29, 0.717) is 0 Å². The highest BCUT2D eigenvalue weighted by atomic mass is 35.5. The van der Waals surface area contributed by atoms with Gasteiger partial charge in [-0.1, -0.05) is 70.4 Å². The molecule has 0 radical (unpaired) electrons. The summed E-state index contributed by atoms with van der Waals surface area (Å²) >= 11 is 0. The molecule has 0 atom stereocenters. The topological polar surface area (TPSA) is 0 Å². The van der Waals surface area contributed by atoms with Gasteiger partial charge in [-0.3, -0.25) is 0 Å². The Bertz CT molecular complexity index is 363. The summed E-state index contributed by atoms with van der Waals surface area (Å²) in [6, 6.07) is 0. The van der Waals surface area contributed by atoms with E-state index < -0.39 is 0 Å². The van der Waals surface area contributed by atoms with Gasteiger partial charge in [0.1, 0.15) is 0 Å². The third-order valence-corrected chi connectivity index (χ3v) is 5.87. The molecule has 0 N–H and O–H groups in total. The molecular weight excluding hydrogens is 411 g/mol. The number of hydrogen-bond acceptors (Lipinski definition) is 0. The lowest BCUT2D eigenvalue weighted by atomic mass is 10.1. The number of hydrogen-bond donors (Lipinski definition) is 0. The first-order valence-corrected chi connectivity index (χ1v) is 12.5. The van der Waals surface area contributed by atoms with Crippen LogP contribution in [-0.4, -0.2) is 63.8 Å². The number of nitrogens with zero attached hydrogens (tertiary/aromatic N) is 2. The van der Waals surface area contributed by atoms with Crippen LogP contribution in [0.5, 0.6) is 0 Å². The molecule has 0 bridgehead atoms. The summed E-state index contributed by atoms with van der Waals surface area (Å²) < 4.78 is 2.29. The highest BCUT2D eigenvalue weighted by molar-refractivity contribution is 4.81. The summed E-state index contributed by atoms with van der Waals surface area (Å²) in [6.45, 7) is 6.24. The van der Waals surface area contributed by atoms with E-state index in [-0.39, 0.29) is 24.8 Å². The Kier molecular flexibility index (Phi) is 26.1. The largest absolute Gasteiger partial charge is 1.00 e. The van der Waals surface area contributed by atoms with Crippen molar-refractivity contribution in [1.29, 1.82) is 0 Å². The molecule has 4 heteroatoms. The van der Waals surface area contributed by atoms with Crippen LogP contribution in [0.1, 0.15) is 103 Å². The lowest BCUT2D eigenvalue weighted by Crippen LogP contribution is -3.00. The van der Waals surface area contributed by atoms with Crippen molar-refractivity contribution in [3.8, 4) is 0 Å². The molecule has 0 heterocycles.